The lowest BCUT2D eigenvalue weighted by Gasteiger charge is -1.98. The number of aliphatic imine (C=N–C) groups is 2. The van der Waals surface area contributed by atoms with Gasteiger partial charge in [0.2, 0.25) is 0 Å². The van der Waals surface area contributed by atoms with Crippen molar-refractivity contribution in [3.63, 3.8) is 0 Å². The lowest BCUT2D eigenvalue weighted by molar-refractivity contribution is 0.507. The molecule has 0 saturated carbocycles. The Kier molecular flexibility index (Phi) is 5.70. The maximum Gasteiger partial charge on any atom is 0.292 e. The van der Waals surface area contributed by atoms with Gasteiger partial charge in [-0.3, -0.25) is 9.98 Å². The number of hydrogen-bond acceptors (Lipinski definition) is 5. The van der Waals surface area contributed by atoms with Crippen molar-refractivity contribution in [2.24, 2.45) is 9.98 Å². The summed E-state index contributed by atoms with van der Waals surface area (Å²) in [7, 11) is 0. The van der Waals surface area contributed by atoms with E-state index < -0.39 is 0 Å². The van der Waals surface area contributed by atoms with E-state index in [1.165, 1.54) is 0 Å². The van der Waals surface area contributed by atoms with Gasteiger partial charge >= 0.3 is 0 Å². The highest BCUT2D eigenvalue weighted by molar-refractivity contribution is 5.86. The second-order valence-electron chi connectivity index (χ2n) is 5.53. The minimum Gasteiger partial charge on any atom is -0.388 e. The quantitative estimate of drug-likeness (QED) is 0.484. The Morgan fingerprint density at radius 1 is 0.667 bits per heavy atom. The maximum atomic E-state index is 8.80. The average Bonchev–Trinajstić information content (AvgIpc) is 2.73. The second-order valence-corrected chi connectivity index (χ2v) is 5.53. The van der Waals surface area contributed by atoms with Crippen LogP contribution in [0.3, 0.4) is 0 Å². The van der Waals surface area contributed by atoms with Crippen LogP contribution in [0.2, 0.25) is 0 Å². The molecule has 0 heterocycles. The first-order valence-corrected chi connectivity index (χ1v) is 8.11. The number of rotatable bonds is 5. The van der Waals surface area contributed by atoms with Crippen LogP contribution in [-0.4, -0.2) is 12.4 Å². The fourth-order valence-electron chi connectivity index (χ4n) is 2.24. The third-order valence-corrected chi connectivity index (χ3v) is 3.66. The molecule has 0 atom stereocenters. The Morgan fingerprint density at radius 2 is 1.15 bits per heavy atom. The summed E-state index contributed by atoms with van der Waals surface area (Å²) < 4.78 is 4.73. The Bertz CT molecular complexity index is 1040. The van der Waals surface area contributed by atoms with Gasteiger partial charge in [0.25, 0.3) is 6.26 Å². The molecule has 0 aromatic heterocycles. The van der Waals surface area contributed by atoms with Crippen molar-refractivity contribution in [1.29, 1.82) is 10.5 Å². The summed E-state index contributed by atoms with van der Waals surface area (Å²) in [6.45, 7) is 0. The van der Waals surface area contributed by atoms with Crippen molar-refractivity contribution in [2.75, 3.05) is 0 Å². The van der Waals surface area contributed by atoms with E-state index in [2.05, 4.69) is 16.1 Å². The number of nitriles is 2. The van der Waals surface area contributed by atoms with Crippen molar-refractivity contribution in [3.05, 3.63) is 89.5 Å². The van der Waals surface area contributed by atoms with Crippen LogP contribution in [0.5, 0.6) is 5.75 Å². The average molecular weight is 350 g/mol. The highest BCUT2D eigenvalue weighted by Gasteiger charge is 1.95. The molecule has 3 aromatic carbocycles. The number of hydrogen-bond donors (Lipinski definition) is 0. The normalized spacial score (nSPS) is 10.6. The Balaban J connectivity index is 1.63. The molecule has 0 aliphatic carbocycles. The lowest BCUT2D eigenvalue weighted by Crippen LogP contribution is -1.84. The van der Waals surface area contributed by atoms with Gasteiger partial charge in [0.15, 0.2) is 0 Å². The van der Waals surface area contributed by atoms with E-state index in [1.54, 1.807) is 55.1 Å². The van der Waals surface area contributed by atoms with Gasteiger partial charge in [-0.15, -0.1) is 5.26 Å². The summed E-state index contributed by atoms with van der Waals surface area (Å²) in [5.41, 5.74) is 4.11. The monoisotopic (exact) mass is 350 g/mol. The summed E-state index contributed by atoms with van der Waals surface area (Å²) in [6, 6.07) is 24.0. The van der Waals surface area contributed by atoms with Crippen LogP contribution in [0, 0.1) is 22.8 Å². The fraction of sp³-hybridized carbons (Fsp3) is 0. The van der Waals surface area contributed by atoms with E-state index in [0.717, 1.165) is 22.5 Å². The molecule has 0 spiro atoms. The smallest absolute Gasteiger partial charge is 0.292 e. The molecule has 0 fully saturated rings. The van der Waals surface area contributed by atoms with E-state index in [1.807, 2.05) is 36.4 Å². The molecular formula is C22H14N4O. The van der Waals surface area contributed by atoms with Crippen LogP contribution in [0.1, 0.15) is 16.7 Å². The zero-order chi connectivity index (χ0) is 18.9. The van der Waals surface area contributed by atoms with E-state index >= 15 is 0 Å². The molecule has 0 saturated heterocycles. The predicted octanol–water partition coefficient (Wildman–Crippen LogP) is 4.92. The molecule has 3 rings (SSSR count). The highest BCUT2D eigenvalue weighted by Crippen LogP contribution is 2.18. The number of benzene rings is 3. The maximum absolute atomic E-state index is 8.80. The van der Waals surface area contributed by atoms with Gasteiger partial charge in [0.05, 0.1) is 23.0 Å². The van der Waals surface area contributed by atoms with Crippen molar-refractivity contribution in [3.8, 4) is 18.1 Å². The van der Waals surface area contributed by atoms with E-state index in [-0.39, 0.29) is 0 Å². The van der Waals surface area contributed by atoms with Crippen molar-refractivity contribution >= 4 is 23.8 Å². The van der Waals surface area contributed by atoms with Crippen molar-refractivity contribution < 1.29 is 4.74 Å². The highest BCUT2D eigenvalue weighted by atomic mass is 16.5. The molecule has 128 valence electrons. The topological polar surface area (TPSA) is 81.5 Å². The predicted molar refractivity (Wildman–Crippen MR) is 105 cm³/mol. The van der Waals surface area contributed by atoms with Gasteiger partial charge in [0.1, 0.15) is 5.75 Å². The first-order valence-electron chi connectivity index (χ1n) is 8.11. The van der Waals surface area contributed by atoms with Gasteiger partial charge in [-0.1, -0.05) is 24.3 Å². The van der Waals surface area contributed by atoms with Gasteiger partial charge in [0, 0.05) is 12.4 Å². The van der Waals surface area contributed by atoms with Gasteiger partial charge in [-0.25, -0.2) is 0 Å². The Labute approximate surface area is 157 Å². The molecule has 3 aromatic rings. The molecule has 0 aliphatic heterocycles. The van der Waals surface area contributed by atoms with Crippen molar-refractivity contribution in [2.45, 2.75) is 0 Å². The van der Waals surface area contributed by atoms with Crippen LogP contribution in [0.15, 0.2) is 82.8 Å². The number of ether oxygens (including phenoxy) is 1. The summed E-state index contributed by atoms with van der Waals surface area (Å²) in [5, 5.41) is 17.3. The van der Waals surface area contributed by atoms with Crippen LogP contribution in [-0.2, 0) is 0 Å². The standard InChI is InChI=1S/C22H14N4O/c23-13-17-5-7-20(8-6-17)25-14-18-1-3-19(4-2-18)15-26-21-9-11-22(12-10-21)27-16-24/h1-12,14-15H. The zero-order valence-corrected chi connectivity index (χ0v) is 14.3. The summed E-state index contributed by atoms with van der Waals surface area (Å²) >= 11 is 0. The van der Waals surface area contributed by atoms with Crippen LogP contribution >= 0.6 is 0 Å². The Morgan fingerprint density at radius 3 is 1.59 bits per heavy atom. The Hall–Kier alpha value is -4.22. The van der Waals surface area contributed by atoms with Crippen molar-refractivity contribution in [1.82, 2.24) is 0 Å². The molecule has 5 heteroatoms. The van der Waals surface area contributed by atoms with E-state index in [0.29, 0.717) is 11.3 Å². The SMILES string of the molecule is N#COc1ccc(N=Cc2ccc(C=Nc3ccc(C#N)cc3)cc2)cc1. The first kappa shape index (κ1) is 17.6. The minimum absolute atomic E-state index is 0.488. The molecule has 0 aliphatic rings. The lowest BCUT2D eigenvalue weighted by atomic mass is 10.1. The third-order valence-electron chi connectivity index (χ3n) is 3.66. The summed E-state index contributed by atoms with van der Waals surface area (Å²) in [6.07, 6.45) is 5.17. The molecule has 0 bridgehead atoms. The fourth-order valence-corrected chi connectivity index (χ4v) is 2.24. The molecule has 0 amide bonds. The third kappa shape index (κ3) is 5.12. The van der Waals surface area contributed by atoms with Gasteiger partial charge < -0.3 is 4.74 Å². The summed E-state index contributed by atoms with van der Waals surface area (Å²) in [5.74, 6) is 0.488. The van der Waals surface area contributed by atoms with Crippen LogP contribution < -0.4 is 4.74 Å². The molecule has 5 nitrogen and oxygen atoms in total. The number of nitrogens with zero attached hydrogens (tertiary/aromatic N) is 4. The zero-order valence-electron chi connectivity index (χ0n) is 14.3. The van der Waals surface area contributed by atoms with Crippen LogP contribution in [0.25, 0.3) is 0 Å². The molecular weight excluding hydrogens is 336 g/mol. The molecule has 27 heavy (non-hydrogen) atoms. The minimum atomic E-state index is 0.488. The van der Waals surface area contributed by atoms with E-state index in [9.17, 15) is 0 Å². The first-order chi connectivity index (χ1) is 13.3. The molecule has 0 N–H and O–H groups in total. The van der Waals surface area contributed by atoms with Crippen LogP contribution in [0.4, 0.5) is 11.4 Å². The second kappa shape index (κ2) is 8.75. The molecule has 0 radical (unpaired) electrons. The largest absolute Gasteiger partial charge is 0.388 e. The molecule has 0 unspecified atom stereocenters. The van der Waals surface area contributed by atoms with E-state index in [4.69, 9.17) is 15.3 Å². The summed E-state index contributed by atoms with van der Waals surface area (Å²) in [4.78, 5) is 8.79. The van der Waals surface area contributed by atoms with Gasteiger partial charge in [-0.2, -0.15) is 5.26 Å². The van der Waals surface area contributed by atoms with Gasteiger partial charge in [-0.05, 0) is 59.7 Å².